The van der Waals surface area contributed by atoms with Gasteiger partial charge in [0.1, 0.15) is 11.3 Å². The van der Waals surface area contributed by atoms with Crippen molar-refractivity contribution < 1.29 is 14.1 Å². The maximum Gasteiger partial charge on any atom is 0.271 e. The van der Waals surface area contributed by atoms with Gasteiger partial charge in [-0.1, -0.05) is 12.1 Å². The van der Waals surface area contributed by atoms with Crippen LogP contribution in [0.4, 0.5) is 5.69 Å². The second-order valence-corrected chi connectivity index (χ2v) is 4.13. The Bertz CT molecular complexity index is 795. The normalized spacial score (nSPS) is 10.7. The Balaban J connectivity index is 2.15. The molecule has 0 aliphatic heterocycles. The molecule has 3 aromatic rings. The first-order chi connectivity index (χ1) is 9.69. The zero-order valence-corrected chi connectivity index (χ0v) is 10.6. The highest BCUT2D eigenvalue weighted by Crippen LogP contribution is 2.32. The number of ether oxygens (including phenoxy) is 1. The van der Waals surface area contributed by atoms with Crippen LogP contribution in [0.15, 0.2) is 46.9 Å². The molecule has 6 heteroatoms. The highest BCUT2D eigenvalue weighted by Gasteiger charge is 2.15. The molecule has 0 aliphatic rings. The van der Waals surface area contributed by atoms with E-state index in [0.717, 1.165) is 0 Å². The quantitative estimate of drug-likeness (QED) is 0.538. The van der Waals surface area contributed by atoms with Crippen LogP contribution in [0, 0.1) is 10.1 Å². The van der Waals surface area contributed by atoms with Gasteiger partial charge in [0.2, 0.25) is 5.89 Å². The summed E-state index contributed by atoms with van der Waals surface area (Å²) in [4.78, 5) is 14.6. The Hall–Kier alpha value is -2.89. The smallest absolute Gasteiger partial charge is 0.271 e. The molecule has 0 fully saturated rings. The zero-order valence-electron chi connectivity index (χ0n) is 10.6. The van der Waals surface area contributed by atoms with Gasteiger partial charge in [0, 0.05) is 12.1 Å². The van der Waals surface area contributed by atoms with Crippen LogP contribution in [0.2, 0.25) is 0 Å². The predicted molar refractivity (Wildman–Crippen MR) is 72.7 cm³/mol. The highest BCUT2D eigenvalue weighted by molar-refractivity contribution is 5.79. The molecule has 100 valence electrons. The molecule has 0 atom stereocenters. The number of benzene rings is 2. The molecule has 0 bridgehead atoms. The largest absolute Gasteiger partial charge is 0.496 e. The van der Waals surface area contributed by atoms with E-state index in [1.54, 1.807) is 19.2 Å². The number of oxazole rings is 1. The topological polar surface area (TPSA) is 78.4 Å². The van der Waals surface area contributed by atoms with E-state index in [2.05, 4.69) is 4.98 Å². The minimum Gasteiger partial charge on any atom is -0.496 e. The lowest BCUT2D eigenvalue weighted by Crippen LogP contribution is -1.87. The van der Waals surface area contributed by atoms with E-state index in [-0.39, 0.29) is 5.69 Å². The molecule has 20 heavy (non-hydrogen) atoms. The summed E-state index contributed by atoms with van der Waals surface area (Å²) in [6.45, 7) is 0. The summed E-state index contributed by atoms with van der Waals surface area (Å²) >= 11 is 0. The van der Waals surface area contributed by atoms with Crippen LogP contribution in [-0.2, 0) is 0 Å². The van der Waals surface area contributed by atoms with Crippen molar-refractivity contribution >= 4 is 16.8 Å². The van der Waals surface area contributed by atoms with Gasteiger partial charge < -0.3 is 9.15 Å². The average Bonchev–Trinajstić information content (AvgIpc) is 2.89. The lowest BCUT2D eigenvalue weighted by Gasteiger charge is -2.03. The SMILES string of the molecule is COc1ccccc1-c1nc2cc([N+](=O)[O-])ccc2o1. The fourth-order valence-electron chi connectivity index (χ4n) is 1.97. The van der Waals surface area contributed by atoms with Gasteiger partial charge in [-0.15, -0.1) is 0 Å². The molecule has 0 saturated heterocycles. The number of nitro groups is 1. The molecule has 1 aromatic heterocycles. The number of fused-ring (bicyclic) bond motifs is 1. The maximum atomic E-state index is 10.7. The molecular weight excluding hydrogens is 260 g/mol. The average molecular weight is 270 g/mol. The molecular formula is C14H10N2O4. The summed E-state index contributed by atoms with van der Waals surface area (Å²) < 4.78 is 10.9. The van der Waals surface area contributed by atoms with E-state index in [1.165, 1.54) is 12.1 Å². The first-order valence-electron chi connectivity index (χ1n) is 5.87. The second-order valence-electron chi connectivity index (χ2n) is 4.13. The van der Waals surface area contributed by atoms with Gasteiger partial charge in [-0.05, 0) is 18.2 Å². The number of hydrogen-bond donors (Lipinski definition) is 0. The minimum atomic E-state index is -0.461. The van der Waals surface area contributed by atoms with Crippen LogP contribution in [0.3, 0.4) is 0 Å². The van der Waals surface area contributed by atoms with Crippen molar-refractivity contribution in [2.24, 2.45) is 0 Å². The van der Waals surface area contributed by atoms with Gasteiger partial charge >= 0.3 is 0 Å². The van der Waals surface area contributed by atoms with Gasteiger partial charge in [-0.3, -0.25) is 10.1 Å². The molecule has 1 heterocycles. The Morgan fingerprint density at radius 2 is 2.05 bits per heavy atom. The summed E-state index contributed by atoms with van der Waals surface area (Å²) in [5.74, 6) is 1.01. The monoisotopic (exact) mass is 270 g/mol. The fourth-order valence-corrected chi connectivity index (χ4v) is 1.97. The number of rotatable bonds is 3. The van der Waals surface area contributed by atoms with E-state index >= 15 is 0 Å². The first kappa shape index (κ1) is 12.2. The number of para-hydroxylation sites is 1. The molecule has 0 radical (unpaired) electrons. The van der Waals surface area contributed by atoms with Crippen LogP contribution in [0.25, 0.3) is 22.6 Å². The number of non-ortho nitro benzene ring substituents is 1. The van der Waals surface area contributed by atoms with Crippen molar-refractivity contribution in [3.63, 3.8) is 0 Å². The molecule has 0 spiro atoms. The fraction of sp³-hybridized carbons (Fsp3) is 0.0714. The summed E-state index contributed by atoms with van der Waals surface area (Å²) in [6, 6.07) is 11.6. The number of nitrogens with zero attached hydrogens (tertiary/aromatic N) is 2. The van der Waals surface area contributed by atoms with Crippen molar-refractivity contribution in [3.05, 3.63) is 52.6 Å². The molecule has 6 nitrogen and oxygen atoms in total. The van der Waals surface area contributed by atoms with Crippen molar-refractivity contribution in [1.29, 1.82) is 0 Å². The molecule has 0 unspecified atom stereocenters. The third kappa shape index (κ3) is 1.97. The van der Waals surface area contributed by atoms with Crippen LogP contribution < -0.4 is 4.74 Å². The number of hydrogen-bond acceptors (Lipinski definition) is 5. The predicted octanol–water partition coefficient (Wildman–Crippen LogP) is 3.41. The Kier molecular flexibility index (Phi) is 2.83. The van der Waals surface area contributed by atoms with Crippen molar-refractivity contribution in [2.45, 2.75) is 0 Å². The number of methoxy groups -OCH3 is 1. The van der Waals surface area contributed by atoms with Crippen LogP contribution in [0.1, 0.15) is 0 Å². The van der Waals surface area contributed by atoms with Crippen molar-refractivity contribution in [1.82, 2.24) is 4.98 Å². The zero-order chi connectivity index (χ0) is 14.1. The molecule has 0 saturated carbocycles. The van der Waals surface area contributed by atoms with Crippen LogP contribution >= 0.6 is 0 Å². The molecule has 3 rings (SSSR count). The molecule has 0 N–H and O–H groups in total. The van der Waals surface area contributed by atoms with Gasteiger partial charge in [0.15, 0.2) is 5.58 Å². The second kappa shape index (κ2) is 4.65. The van der Waals surface area contributed by atoms with Crippen LogP contribution in [0.5, 0.6) is 5.75 Å². The Morgan fingerprint density at radius 3 is 2.80 bits per heavy atom. The first-order valence-corrected chi connectivity index (χ1v) is 5.87. The van der Waals surface area contributed by atoms with Crippen molar-refractivity contribution in [3.8, 4) is 17.2 Å². The summed E-state index contributed by atoms with van der Waals surface area (Å²) in [6.07, 6.45) is 0. The van der Waals surface area contributed by atoms with Gasteiger partial charge in [0.25, 0.3) is 5.69 Å². The highest BCUT2D eigenvalue weighted by atomic mass is 16.6. The van der Waals surface area contributed by atoms with E-state index in [9.17, 15) is 10.1 Å². The summed E-state index contributed by atoms with van der Waals surface area (Å²) in [7, 11) is 1.56. The van der Waals surface area contributed by atoms with E-state index in [0.29, 0.717) is 28.3 Å². The molecule has 2 aromatic carbocycles. The van der Waals surface area contributed by atoms with E-state index in [4.69, 9.17) is 9.15 Å². The van der Waals surface area contributed by atoms with Crippen LogP contribution in [-0.4, -0.2) is 17.0 Å². The Morgan fingerprint density at radius 1 is 1.25 bits per heavy atom. The molecule has 0 amide bonds. The van der Waals surface area contributed by atoms with Gasteiger partial charge in [-0.25, -0.2) is 4.98 Å². The third-order valence-electron chi connectivity index (χ3n) is 2.92. The van der Waals surface area contributed by atoms with Gasteiger partial charge in [-0.2, -0.15) is 0 Å². The standard InChI is InChI=1S/C14H10N2O4/c1-19-12-5-3-2-4-10(12)14-15-11-8-9(16(17)18)6-7-13(11)20-14/h2-8H,1H3. The lowest BCUT2D eigenvalue weighted by atomic mass is 10.2. The van der Waals surface area contributed by atoms with E-state index in [1.807, 2.05) is 18.2 Å². The lowest BCUT2D eigenvalue weighted by molar-refractivity contribution is -0.384. The van der Waals surface area contributed by atoms with Crippen molar-refractivity contribution in [2.75, 3.05) is 7.11 Å². The molecule has 0 aliphatic carbocycles. The Labute approximate surface area is 113 Å². The van der Waals surface area contributed by atoms with E-state index < -0.39 is 4.92 Å². The summed E-state index contributed by atoms with van der Waals surface area (Å²) in [5, 5.41) is 10.7. The van der Waals surface area contributed by atoms with Gasteiger partial charge in [0.05, 0.1) is 17.6 Å². The number of nitro benzene ring substituents is 1. The minimum absolute atomic E-state index is 0.0163. The third-order valence-corrected chi connectivity index (χ3v) is 2.92. The maximum absolute atomic E-state index is 10.7. The summed E-state index contributed by atoms with van der Waals surface area (Å²) in [5.41, 5.74) is 1.63. The number of aromatic nitrogens is 1.